The molecule has 0 bridgehead atoms. The molecule has 4 aromatic rings. The molecule has 0 amide bonds. The van der Waals surface area contributed by atoms with Crippen molar-refractivity contribution < 1.29 is 10.0 Å². The van der Waals surface area contributed by atoms with Gasteiger partial charge in [0.2, 0.25) is 0 Å². The van der Waals surface area contributed by atoms with E-state index in [1.165, 1.54) is 0 Å². The molecule has 1 N–H and O–H groups in total. The molecule has 2 heterocycles. The minimum Gasteiger partial charge on any atom is -0.385 e. The Hall–Kier alpha value is -3.22. The molecule has 0 radical (unpaired) electrons. The lowest BCUT2D eigenvalue weighted by Crippen LogP contribution is -2.43. The van der Waals surface area contributed by atoms with Crippen LogP contribution in [0.15, 0.2) is 72.8 Å². The summed E-state index contributed by atoms with van der Waals surface area (Å²) in [5.41, 5.74) is 2.56. The van der Waals surface area contributed by atoms with Crippen LogP contribution in [0.5, 0.6) is 0 Å². The summed E-state index contributed by atoms with van der Waals surface area (Å²) < 4.78 is 2.28. The second-order valence-electron chi connectivity index (χ2n) is 8.72. The zero-order valence-corrected chi connectivity index (χ0v) is 18.0. The van der Waals surface area contributed by atoms with Gasteiger partial charge in [-0.15, -0.1) is 0 Å². The lowest BCUT2D eigenvalue weighted by molar-refractivity contribution is -0.384. The smallest absolute Gasteiger partial charge is 0.270 e. The van der Waals surface area contributed by atoms with E-state index < -0.39 is 5.60 Å². The number of fused-ring (bicyclic) bond motifs is 3. The summed E-state index contributed by atoms with van der Waals surface area (Å²) >= 11 is 0. The number of non-ortho nitro benzene ring substituents is 1. The predicted molar refractivity (Wildman–Crippen MR) is 127 cm³/mol. The van der Waals surface area contributed by atoms with Crippen LogP contribution in [0.4, 0.5) is 5.69 Å². The van der Waals surface area contributed by atoms with E-state index in [2.05, 4.69) is 15.5 Å². The minimum atomic E-state index is -0.723. The van der Waals surface area contributed by atoms with Gasteiger partial charge >= 0.3 is 0 Å². The number of rotatable bonds is 6. The van der Waals surface area contributed by atoms with Crippen LogP contribution >= 0.6 is 0 Å². The van der Waals surface area contributed by atoms with Gasteiger partial charge in [-0.2, -0.15) is 0 Å². The van der Waals surface area contributed by atoms with Gasteiger partial charge in [0, 0.05) is 53.6 Å². The van der Waals surface area contributed by atoms with Crippen molar-refractivity contribution in [3.63, 3.8) is 0 Å². The van der Waals surface area contributed by atoms with Crippen LogP contribution in [0.1, 0.15) is 24.8 Å². The number of aliphatic hydroxyl groups is 1. The number of nitro groups is 1. The van der Waals surface area contributed by atoms with Crippen molar-refractivity contribution in [2.45, 2.75) is 31.4 Å². The molecule has 1 saturated heterocycles. The first kappa shape index (κ1) is 20.7. The molecule has 32 heavy (non-hydrogen) atoms. The highest BCUT2D eigenvalue weighted by Crippen LogP contribution is 2.34. The molecule has 164 valence electrons. The zero-order chi connectivity index (χ0) is 22.1. The molecule has 0 unspecified atom stereocenters. The Kier molecular flexibility index (Phi) is 5.41. The molecule has 1 aromatic heterocycles. The van der Waals surface area contributed by atoms with Gasteiger partial charge in [0.1, 0.15) is 0 Å². The quantitative estimate of drug-likeness (QED) is 0.343. The summed E-state index contributed by atoms with van der Waals surface area (Å²) in [7, 11) is 0. The number of nitrogens with zero attached hydrogens (tertiary/aromatic N) is 3. The average Bonchev–Trinajstić information content (AvgIpc) is 3.14. The monoisotopic (exact) mass is 429 g/mol. The van der Waals surface area contributed by atoms with Crippen LogP contribution in [0.2, 0.25) is 0 Å². The summed E-state index contributed by atoms with van der Waals surface area (Å²) in [5, 5.41) is 24.3. The summed E-state index contributed by atoms with van der Waals surface area (Å²) in [6, 6.07) is 23.2. The largest absolute Gasteiger partial charge is 0.385 e. The summed E-state index contributed by atoms with van der Waals surface area (Å²) in [5.74, 6) is 0. The average molecular weight is 430 g/mol. The minimum absolute atomic E-state index is 0.125. The molecular formula is C26H27N3O3. The Labute approximate surface area is 186 Å². The number of aryl methyl sites for hydroxylation is 1. The number of likely N-dealkylation sites (tertiary alicyclic amines) is 1. The number of piperidine rings is 1. The lowest BCUT2D eigenvalue weighted by atomic mass is 9.84. The fraction of sp³-hybridized carbons (Fsp3) is 0.308. The van der Waals surface area contributed by atoms with E-state index in [0.29, 0.717) is 0 Å². The van der Waals surface area contributed by atoms with E-state index in [-0.39, 0.29) is 10.6 Å². The fourth-order valence-corrected chi connectivity index (χ4v) is 5.03. The maximum atomic E-state index is 11.2. The van der Waals surface area contributed by atoms with Crippen molar-refractivity contribution in [1.29, 1.82) is 0 Å². The Balaban J connectivity index is 1.28. The molecule has 0 saturated carbocycles. The molecule has 0 atom stereocenters. The van der Waals surface area contributed by atoms with Crippen LogP contribution in [-0.2, 0) is 12.1 Å². The predicted octanol–water partition coefficient (Wildman–Crippen LogP) is 5.08. The highest BCUT2D eigenvalue weighted by molar-refractivity contribution is 6.08. The van der Waals surface area contributed by atoms with Gasteiger partial charge in [-0.1, -0.05) is 48.5 Å². The number of para-hydroxylation sites is 1. The van der Waals surface area contributed by atoms with Gasteiger partial charge in [0.15, 0.2) is 0 Å². The topological polar surface area (TPSA) is 71.5 Å². The SMILES string of the molecule is O=[N+]([O-])c1ccc2c(c1)c1ccccc1n2CCCN1CCC(O)(c2ccccc2)CC1. The van der Waals surface area contributed by atoms with Crippen LogP contribution in [0.25, 0.3) is 21.8 Å². The van der Waals surface area contributed by atoms with E-state index in [9.17, 15) is 15.2 Å². The van der Waals surface area contributed by atoms with Crippen molar-refractivity contribution in [2.75, 3.05) is 19.6 Å². The number of nitro benzene ring substituents is 1. The lowest BCUT2D eigenvalue weighted by Gasteiger charge is -2.38. The van der Waals surface area contributed by atoms with Crippen LogP contribution in [0, 0.1) is 10.1 Å². The van der Waals surface area contributed by atoms with Crippen molar-refractivity contribution in [3.8, 4) is 0 Å². The standard InChI is InChI=1S/C26H27N3O3/c30-26(20-7-2-1-3-8-20)13-17-27(18-14-26)15-6-16-28-24-10-5-4-9-22(24)23-19-21(29(31)32)11-12-25(23)28/h1-5,7-12,19,30H,6,13-18H2. The molecule has 3 aromatic carbocycles. The van der Waals surface area contributed by atoms with Gasteiger partial charge in [-0.25, -0.2) is 0 Å². The normalized spacial score (nSPS) is 16.5. The first-order valence-corrected chi connectivity index (χ1v) is 11.2. The Morgan fingerprint density at radius 2 is 1.56 bits per heavy atom. The molecule has 1 aliphatic rings. The van der Waals surface area contributed by atoms with E-state index in [1.807, 2.05) is 54.6 Å². The van der Waals surface area contributed by atoms with Crippen molar-refractivity contribution in [2.24, 2.45) is 0 Å². The fourth-order valence-electron chi connectivity index (χ4n) is 5.03. The number of hydrogen-bond donors (Lipinski definition) is 1. The molecule has 0 aliphatic carbocycles. The number of hydrogen-bond acceptors (Lipinski definition) is 4. The van der Waals surface area contributed by atoms with E-state index in [4.69, 9.17) is 0 Å². The van der Waals surface area contributed by atoms with Crippen LogP contribution < -0.4 is 0 Å². The Morgan fingerprint density at radius 1 is 0.875 bits per heavy atom. The summed E-state index contributed by atoms with van der Waals surface area (Å²) in [4.78, 5) is 13.3. The maximum absolute atomic E-state index is 11.2. The van der Waals surface area contributed by atoms with E-state index in [0.717, 1.165) is 72.8 Å². The third kappa shape index (κ3) is 3.76. The van der Waals surface area contributed by atoms with Crippen molar-refractivity contribution >= 4 is 27.5 Å². The molecule has 1 aliphatic heterocycles. The van der Waals surface area contributed by atoms with Gasteiger partial charge in [0.25, 0.3) is 5.69 Å². The van der Waals surface area contributed by atoms with Gasteiger partial charge in [0.05, 0.1) is 10.5 Å². The van der Waals surface area contributed by atoms with E-state index in [1.54, 1.807) is 12.1 Å². The van der Waals surface area contributed by atoms with Crippen LogP contribution in [0.3, 0.4) is 0 Å². The molecule has 5 rings (SSSR count). The van der Waals surface area contributed by atoms with Gasteiger partial charge in [-0.05, 0) is 43.5 Å². The first-order chi connectivity index (χ1) is 15.5. The van der Waals surface area contributed by atoms with Crippen molar-refractivity contribution in [1.82, 2.24) is 9.47 Å². The third-order valence-electron chi connectivity index (χ3n) is 6.82. The van der Waals surface area contributed by atoms with Gasteiger partial charge < -0.3 is 14.6 Å². The third-order valence-corrected chi connectivity index (χ3v) is 6.82. The second-order valence-corrected chi connectivity index (χ2v) is 8.72. The maximum Gasteiger partial charge on any atom is 0.270 e. The Morgan fingerprint density at radius 3 is 2.31 bits per heavy atom. The van der Waals surface area contributed by atoms with Crippen LogP contribution in [-0.4, -0.2) is 39.1 Å². The number of benzene rings is 3. The Bertz CT molecular complexity index is 1260. The molecule has 1 fully saturated rings. The highest BCUT2D eigenvalue weighted by atomic mass is 16.6. The number of aromatic nitrogens is 1. The van der Waals surface area contributed by atoms with E-state index >= 15 is 0 Å². The highest BCUT2D eigenvalue weighted by Gasteiger charge is 2.33. The second kappa shape index (κ2) is 8.37. The van der Waals surface area contributed by atoms with Crippen molar-refractivity contribution in [3.05, 3.63) is 88.5 Å². The molecule has 6 heteroatoms. The van der Waals surface area contributed by atoms with Gasteiger partial charge in [-0.3, -0.25) is 10.1 Å². The molecule has 6 nitrogen and oxygen atoms in total. The summed E-state index contributed by atoms with van der Waals surface area (Å²) in [6.45, 7) is 3.57. The molecular weight excluding hydrogens is 402 g/mol. The molecule has 0 spiro atoms. The first-order valence-electron chi connectivity index (χ1n) is 11.2. The summed E-state index contributed by atoms with van der Waals surface area (Å²) in [6.07, 6.45) is 2.47. The zero-order valence-electron chi connectivity index (χ0n) is 18.0.